The Labute approximate surface area is 116 Å². The van der Waals surface area contributed by atoms with Crippen LogP contribution in [-0.2, 0) is 11.2 Å². The van der Waals surface area contributed by atoms with E-state index in [1.54, 1.807) is 0 Å². The number of aryl methyl sites for hydroxylation is 2. The molecule has 2 heteroatoms. The highest BCUT2D eigenvalue weighted by atomic mass is 16.2. The van der Waals surface area contributed by atoms with Crippen LogP contribution >= 0.6 is 0 Å². The van der Waals surface area contributed by atoms with E-state index in [9.17, 15) is 4.79 Å². The maximum absolute atomic E-state index is 12.5. The minimum absolute atomic E-state index is 0.297. The molecule has 1 unspecified atom stereocenters. The van der Waals surface area contributed by atoms with Crippen LogP contribution in [0.25, 0.3) is 0 Å². The van der Waals surface area contributed by atoms with Crippen LogP contribution < -0.4 is 4.90 Å². The van der Waals surface area contributed by atoms with E-state index >= 15 is 0 Å². The topological polar surface area (TPSA) is 20.3 Å². The van der Waals surface area contributed by atoms with Crippen LogP contribution in [0.4, 0.5) is 5.69 Å². The van der Waals surface area contributed by atoms with Gasteiger partial charge in [0.25, 0.3) is 0 Å². The first-order chi connectivity index (χ1) is 9.11. The number of rotatable bonds is 4. The van der Waals surface area contributed by atoms with Gasteiger partial charge in [-0.1, -0.05) is 44.4 Å². The molecule has 19 heavy (non-hydrogen) atoms. The Morgan fingerprint density at radius 2 is 2.21 bits per heavy atom. The average molecular weight is 259 g/mol. The monoisotopic (exact) mass is 259 g/mol. The minimum atomic E-state index is 0.297. The zero-order valence-corrected chi connectivity index (χ0v) is 12.4. The molecule has 1 aliphatic rings. The van der Waals surface area contributed by atoms with Crippen molar-refractivity contribution >= 4 is 11.6 Å². The Morgan fingerprint density at radius 3 is 2.95 bits per heavy atom. The van der Waals surface area contributed by atoms with Gasteiger partial charge in [-0.3, -0.25) is 4.79 Å². The summed E-state index contributed by atoms with van der Waals surface area (Å²) in [5, 5.41) is 0. The Bertz CT molecular complexity index is 453. The van der Waals surface area contributed by atoms with Gasteiger partial charge in [-0.25, -0.2) is 0 Å². The number of benzene rings is 1. The molecule has 104 valence electrons. The molecule has 2 rings (SSSR count). The van der Waals surface area contributed by atoms with Crippen LogP contribution in [0.15, 0.2) is 18.2 Å². The van der Waals surface area contributed by atoms with E-state index in [1.165, 1.54) is 11.1 Å². The van der Waals surface area contributed by atoms with Crippen molar-refractivity contribution in [1.82, 2.24) is 0 Å². The molecule has 0 saturated heterocycles. The lowest BCUT2D eigenvalue weighted by molar-refractivity contribution is -0.119. The summed E-state index contributed by atoms with van der Waals surface area (Å²) >= 11 is 0. The van der Waals surface area contributed by atoms with Crippen LogP contribution in [0, 0.1) is 12.8 Å². The summed E-state index contributed by atoms with van der Waals surface area (Å²) < 4.78 is 0. The van der Waals surface area contributed by atoms with Crippen LogP contribution in [0.3, 0.4) is 0 Å². The largest absolute Gasteiger partial charge is 0.312 e. The molecule has 0 saturated carbocycles. The average Bonchev–Trinajstić information content (AvgIpc) is 2.37. The molecule has 1 aliphatic heterocycles. The first-order valence-corrected chi connectivity index (χ1v) is 7.51. The summed E-state index contributed by atoms with van der Waals surface area (Å²) in [6.45, 7) is 7.36. The summed E-state index contributed by atoms with van der Waals surface area (Å²) in [6.07, 6.45) is 5.17. The Morgan fingerprint density at radius 1 is 1.42 bits per heavy atom. The highest BCUT2D eigenvalue weighted by Gasteiger charge is 2.23. The molecular formula is C17H25NO. The minimum Gasteiger partial charge on any atom is -0.312 e. The molecule has 1 heterocycles. The lowest BCUT2D eigenvalue weighted by Crippen LogP contribution is -2.36. The number of amides is 1. The first kappa shape index (κ1) is 14.1. The second-order valence-electron chi connectivity index (χ2n) is 5.88. The third-order valence-electron chi connectivity index (χ3n) is 3.96. The molecule has 1 aromatic rings. The van der Waals surface area contributed by atoms with Gasteiger partial charge in [-0.05, 0) is 37.3 Å². The fourth-order valence-corrected chi connectivity index (χ4v) is 2.99. The van der Waals surface area contributed by atoms with Crippen molar-refractivity contribution in [3.8, 4) is 0 Å². The molecule has 0 N–H and O–H groups in total. The lowest BCUT2D eigenvalue weighted by Gasteiger charge is -2.30. The van der Waals surface area contributed by atoms with Crippen molar-refractivity contribution < 1.29 is 4.79 Å². The van der Waals surface area contributed by atoms with Gasteiger partial charge in [0.15, 0.2) is 0 Å². The smallest absolute Gasteiger partial charge is 0.227 e. The van der Waals surface area contributed by atoms with Crippen molar-refractivity contribution in [3.63, 3.8) is 0 Å². The highest BCUT2D eigenvalue weighted by Crippen LogP contribution is 2.29. The molecule has 0 bridgehead atoms. The summed E-state index contributed by atoms with van der Waals surface area (Å²) in [5.74, 6) is 0.791. The number of nitrogens with zero attached hydrogens (tertiary/aromatic N) is 1. The fraction of sp³-hybridized carbons (Fsp3) is 0.588. The first-order valence-electron chi connectivity index (χ1n) is 7.51. The highest BCUT2D eigenvalue weighted by molar-refractivity contribution is 5.94. The molecule has 1 aromatic carbocycles. The number of carbonyl (C=O) groups excluding carboxylic acids is 1. The van der Waals surface area contributed by atoms with E-state index in [0.29, 0.717) is 18.2 Å². The number of anilines is 1. The van der Waals surface area contributed by atoms with Gasteiger partial charge >= 0.3 is 0 Å². The van der Waals surface area contributed by atoms with E-state index in [0.717, 1.165) is 37.9 Å². The fourth-order valence-electron chi connectivity index (χ4n) is 2.99. The Balaban J connectivity index is 2.12. The van der Waals surface area contributed by atoms with Crippen LogP contribution in [0.1, 0.15) is 50.7 Å². The summed E-state index contributed by atoms with van der Waals surface area (Å²) in [5.41, 5.74) is 3.76. The van der Waals surface area contributed by atoms with Gasteiger partial charge in [0.1, 0.15) is 0 Å². The second kappa shape index (κ2) is 6.23. The molecule has 0 aliphatic carbocycles. The number of fused-ring (bicyclic) bond motifs is 1. The third-order valence-corrected chi connectivity index (χ3v) is 3.96. The summed E-state index contributed by atoms with van der Waals surface area (Å²) in [6, 6.07) is 6.45. The van der Waals surface area contributed by atoms with E-state index in [4.69, 9.17) is 0 Å². The zero-order chi connectivity index (χ0) is 13.8. The van der Waals surface area contributed by atoms with Crippen LogP contribution in [-0.4, -0.2) is 12.5 Å². The molecule has 0 aromatic heterocycles. The molecular weight excluding hydrogens is 234 g/mol. The molecule has 2 nitrogen and oxygen atoms in total. The van der Waals surface area contributed by atoms with Crippen molar-refractivity contribution in [1.29, 1.82) is 0 Å². The van der Waals surface area contributed by atoms with Gasteiger partial charge in [-0.15, -0.1) is 0 Å². The quantitative estimate of drug-likeness (QED) is 0.797. The summed E-state index contributed by atoms with van der Waals surface area (Å²) in [7, 11) is 0. The lowest BCUT2D eigenvalue weighted by atomic mass is 9.97. The molecule has 0 spiro atoms. The Hall–Kier alpha value is -1.31. The van der Waals surface area contributed by atoms with E-state index in [2.05, 4.69) is 39.0 Å². The molecule has 1 amide bonds. The van der Waals surface area contributed by atoms with Gasteiger partial charge < -0.3 is 4.90 Å². The van der Waals surface area contributed by atoms with Crippen molar-refractivity contribution in [3.05, 3.63) is 29.3 Å². The molecule has 0 radical (unpaired) electrons. The van der Waals surface area contributed by atoms with Crippen LogP contribution in [0.5, 0.6) is 0 Å². The number of hydrogen-bond acceptors (Lipinski definition) is 1. The Kier molecular flexibility index (Phi) is 4.62. The zero-order valence-electron chi connectivity index (χ0n) is 12.4. The predicted molar refractivity (Wildman–Crippen MR) is 80.5 cm³/mol. The third kappa shape index (κ3) is 3.37. The van der Waals surface area contributed by atoms with Crippen LogP contribution in [0.2, 0.25) is 0 Å². The van der Waals surface area contributed by atoms with Gasteiger partial charge in [-0.2, -0.15) is 0 Å². The van der Waals surface area contributed by atoms with Gasteiger partial charge in [0.2, 0.25) is 5.91 Å². The standard InChI is InChI=1S/C17H25NO/c1-4-6-13(2)12-17(19)18-10-5-7-15-11-14(3)8-9-16(15)18/h8-9,11,13H,4-7,10,12H2,1-3H3. The maximum atomic E-state index is 12.5. The van der Waals surface area contributed by atoms with E-state index in [-0.39, 0.29) is 0 Å². The maximum Gasteiger partial charge on any atom is 0.227 e. The van der Waals surface area contributed by atoms with Gasteiger partial charge in [0.05, 0.1) is 0 Å². The normalized spacial score (nSPS) is 16.1. The van der Waals surface area contributed by atoms with Crippen molar-refractivity contribution in [2.45, 2.75) is 52.9 Å². The van der Waals surface area contributed by atoms with E-state index in [1.807, 2.05) is 4.90 Å². The molecule has 0 fully saturated rings. The second-order valence-corrected chi connectivity index (χ2v) is 5.88. The van der Waals surface area contributed by atoms with Crippen molar-refractivity contribution in [2.24, 2.45) is 5.92 Å². The number of hydrogen-bond donors (Lipinski definition) is 0. The SMILES string of the molecule is CCCC(C)CC(=O)N1CCCc2cc(C)ccc21. The van der Waals surface area contributed by atoms with Gasteiger partial charge in [0, 0.05) is 18.7 Å². The molecule has 1 atom stereocenters. The predicted octanol–water partition coefficient (Wildman–Crippen LogP) is 4.10. The summed E-state index contributed by atoms with van der Waals surface area (Å²) in [4.78, 5) is 14.5. The number of carbonyl (C=O) groups is 1. The van der Waals surface area contributed by atoms with E-state index < -0.39 is 0 Å². The van der Waals surface area contributed by atoms with Crippen molar-refractivity contribution in [2.75, 3.05) is 11.4 Å².